The second-order valence-electron chi connectivity index (χ2n) is 6.79. The highest BCUT2D eigenvalue weighted by Crippen LogP contribution is 2.30. The molecular weight excluding hydrogens is 368 g/mol. The van der Waals surface area contributed by atoms with Gasteiger partial charge in [-0.3, -0.25) is 4.40 Å². The fourth-order valence-electron chi connectivity index (χ4n) is 3.53. The maximum atomic E-state index is 11.5. The lowest BCUT2D eigenvalue weighted by Crippen LogP contribution is -2.08. The van der Waals surface area contributed by atoms with Crippen molar-refractivity contribution in [3.05, 3.63) is 89.2 Å². The number of methoxy groups -OCH3 is 1. The number of aromatic carboxylic acids is 1. The van der Waals surface area contributed by atoms with Crippen LogP contribution in [0.3, 0.4) is 0 Å². The summed E-state index contributed by atoms with van der Waals surface area (Å²) in [6, 6.07) is 17.9. The van der Waals surface area contributed by atoms with E-state index in [1.165, 1.54) is 0 Å². The molecule has 0 saturated heterocycles. The SMILES string of the molecule is COc1cn2c(C(O)c3ccc(-c4ccccc4C(=O)O)cc3)c(C)ccc2n1. The van der Waals surface area contributed by atoms with E-state index in [2.05, 4.69) is 4.98 Å². The predicted molar refractivity (Wildman–Crippen MR) is 109 cm³/mol. The minimum atomic E-state index is -0.971. The topological polar surface area (TPSA) is 84.1 Å². The van der Waals surface area contributed by atoms with Crippen LogP contribution >= 0.6 is 0 Å². The van der Waals surface area contributed by atoms with E-state index in [0.29, 0.717) is 28.3 Å². The van der Waals surface area contributed by atoms with Crippen molar-refractivity contribution in [1.82, 2.24) is 9.38 Å². The zero-order chi connectivity index (χ0) is 20.5. The van der Waals surface area contributed by atoms with Gasteiger partial charge in [-0.1, -0.05) is 48.5 Å². The van der Waals surface area contributed by atoms with Crippen LogP contribution in [0.15, 0.2) is 66.9 Å². The molecule has 6 nitrogen and oxygen atoms in total. The number of hydrogen-bond donors (Lipinski definition) is 2. The summed E-state index contributed by atoms with van der Waals surface area (Å²) in [6.45, 7) is 1.93. The summed E-state index contributed by atoms with van der Waals surface area (Å²) < 4.78 is 7.04. The molecule has 4 rings (SSSR count). The van der Waals surface area contributed by atoms with Crippen molar-refractivity contribution in [3.63, 3.8) is 0 Å². The molecule has 0 aliphatic heterocycles. The Kier molecular flexibility index (Phi) is 4.78. The largest absolute Gasteiger partial charge is 0.480 e. The van der Waals surface area contributed by atoms with E-state index in [4.69, 9.17) is 4.74 Å². The smallest absolute Gasteiger partial charge is 0.336 e. The first kappa shape index (κ1) is 18.7. The van der Waals surface area contributed by atoms with Gasteiger partial charge in [0, 0.05) is 0 Å². The van der Waals surface area contributed by atoms with E-state index in [9.17, 15) is 15.0 Å². The molecule has 0 radical (unpaired) electrons. The number of hydrogen-bond acceptors (Lipinski definition) is 4. The van der Waals surface area contributed by atoms with Gasteiger partial charge in [0.25, 0.3) is 0 Å². The third-order valence-electron chi connectivity index (χ3n) is 5.02. The predicted octanol–water partition coefficient (Wildman–Crippen LogP) is 4.10. The average molecular weight is 388 g/mol. The van der Waals surface area contributed by atoms with Crippen LogP contribution in [0, 0.1) is 6.92 Å². The molecule has 1 atom stereocenters. The van der Waals surface area contributed by atoms with Crippen molar-refractivity contribution >= 4 is 11.6 Å². The van der Waals surface area contributed by atoms with Gasteiger partial charge in [-0.05, 0) is 41.3 Å². The Labute approximate surface area is 167 Å². The van der Waals surface area contributed by atoms with Crippen LogP contribution in [0.4, 0.5) is 0 Å². The van der Waals surface area contributed by atoms with E-state index in [1.807, 2.05) is 47.7 Å². The van der Waals surface area contributed by atoms with Gasteiger partial charge in [-0.15, -0.1) is 0 Å². The summed E-state index contributed by atoms with van der Waals surface area (Å²) in [5.41, 5.74) is 4.67. The molecule has 0 aliphatic rings. The van der Waals surface area contributed by atoms with Crippen molar-refractivity contribution in [2.75, 3.05) is 7.11 Å². The van der Waals surface area contributed by atoms with Gasteiger partial charge in [-0.25, -0.2) is 4.79 Å². The first-order valence-electron chi connectivity index (χ1n) is 9.13. The van der Waals surface area contributed by atoms with Crippen molar-refractivity contribution in [2.24, 2.45) is 0 Å². The molecule has 0 aliphatic carbocycles. The van der Waals surface area contributed by atoms with Crippen molar-refractivity contribution in [1.29, 1.82) is 0 Å². The number of ether oxygens (including phenoxy) is 1. The molecule has 2 heterocycles. The zero-order valence-electron chi connectivity index (χ0n) is 16.0. The monoisotopic (exact) mass is 388 g/mol. The molecule has 2 aromatic carbocycles. The van der Waals surface area contributed by atoms with Crippen LogP contribution < -0.4 is 4.74 Å². The molecule has 0 saturated carbocycles. The van der Waals surface area contributed by atoms with Gasteiger partial charge in [0.15, 0.2) is 0 Å². The van der Waals surface area contributed by atoms with Crippen LogP contribution in [0.5, 0.6) is 5.88 Å². The number of pyridine rings is 1. The fraction of sp³-hybridized carbons (Fsp3) is 0.130. The van der Waals surface area contributed by atoms with Crippen LogP contribution in [0.1, 0.15) is 33.3 Å². The molecule has 0 fully saturated rings. The van der Waals surface area contributed by atoms with E-state index in [-0.39, 0.29) is 5.56 Å². The zero-order valence-corrected chi connectivity index (χ0v) is 16.0. The van der Waals surface area contributed by atoms with Crippen LogP contribution in [0.2, 0.25) is 0 Å². The molecule has 2 aromatic heterocycles. The Morgan fingerprint density at radius 1 is 1.07 bits per heavy atom. The normalized spacial score (nSPS) is 12.1. The summed E-state index contributed by atoms with van der Waals surface area (Å²) in [4.78, 5) is 15.8. The quantitative estimate of drug-likeness (QED) is 0.538. The first-order chi connectivity index (χ1) is 14.0. The molecule has 0 bridgehead atoms. The Balaban J connectivity index is 1.74. The second-order valence-corrected chi connectivity index (χ2v) is 6.79. The van der Waals surface area contributed by atoms with Gasteiger partial charge < -0.3 is 14.9 Å². The van der Waals surface area contributed by atoms with Crippen molar-refractivity contribution < 1.29 is 19.7 Å². The average Bonchev–Trinajstić information content (AvgIpc) is 3.16. The Hall–Kier alpha value is -3.64. The van der Waals surface area contributed by atoms with E-state index < -0.39 is 12.1 Å². The molecule has 0 amide bonds. The number of rotatable bonds is 5. The Bertz CT molecular complexity index is 1200. The molecule has 0 spiro atoms. The number of aromatic nitrogens is 2. The number of imidazole rings is 1. The van der Waals surface area contributed by atoms with E-state index in [0.717, 1.165) is 11.1 Å². The van der Waals surface area contributed by atoms with Gasteiger partial charge >= 0.3 is 5.97 Å². The molecule has 1 unspecified atom stereocenters. The standard InChI is InChI=1S/C23H20N2O4/c1-14-7-12-19-24-20(29-2)13-25(19)21(14)22(26)16-10-8-15(9-11-16)17-5-3-4-6-18(17)23(27)28/h3-13,22,26H,1-2H3,(H,27,28). The maximum Gasteiger partial charge on any atom is 0.336 e. The summed E-state index contributed by atoms with van der Waals surface area (Å²) >= 11 is 0. The number of aliphatic hydroxyl groups excluding tert-OH is 1. The molecule has 2 N–H and O–H groups in total. The van der Waals surface area contributed by atoms with E-state index >= 15 is 0 Å². The minimum Gasteiger partial charge on any atom is -0.480 e. The minimum absolute atomic E-state index is 0.243. The number of carboxylic acid groups (broad SMARTS) is 1. The lowest BCUT2D eigenvalue weighted by Gasteiger charge is -2.17. The molecule has 6 heteroatoms. The number of carboxylic acids is 1. The Morgan fingerprint density at radius 3 is 2.48 bits per heavy atom. The highest BCUT2D eigenvalue weighted by atomic mass is 16.5. The fourth-order valence-corrected chi connectivity index (χ4v) is 3.53. The third-order valence-corrected chi connectivity index (χ3v) is 5.02. The van der Waals surface area contributed by atoms with Gasteiger partial charge in [0.1, 0.15) is 11.8 Å². The third kappa shape index (κ3) is 3.34. The molecular formula is C23H20N2O4. The molecule has 146 valence electrons. The first-order valence-corrected chi connectivity index (χ1v) is 9.13. The van der Waals surface area contributed by atoms with Crippen molar-refractivity contribution in [3.8, 4) is 17.0 Å². The number of fused-ring (bicyclic) bond motifs is 1. The Morgan fingerprint density at radius 2 is 1.79 bits per heavy atom. The summed E-state index contributed by atoms with van der Waals surface area (Å²) in [7, 11) is 1.55. The highest BCUT2D eigenvalue weighted by molar-refractivity contribution is 5.96. The van der Waals surface area contributed by atoms with E-state index in [1.54, 1.807) is 37.6 Å². The maximum absolute atomic E-state index is 11.5. The number of benzene rings is 2. The van der Waals surface area contributed by atoms with Crippen LogP contribution in [0.25, 0.3) is 16.8 Å². The van der Waals surface area contributed by atoms with Crippen LogP contribution in [-0.4, -0.2) is 32.7 Å². The van der Waals surface area contributed by atoms with Gasteiger partial charge in [0.2, 0.25) is 5.88 Å². The number of carbonyl (C=O) groups is 1. The molecule has 29 heavy (non-hydrogen) atoms. The highest BCUT2D eigenvalue weighted by Gasteiger charge is 2.19. The number of nitrogens with zero attached hydrogens (tertiary/aromatic N) is 2. The lowest BCUT2D eigenvalue weighted by atomic mass is 9.96. The summed E-state index contributed by atoms with van der Waals surface area (Å²) in [5, 5.41) is 20.5. The lowest BCUT2D eigenvalue weighted by molar-refractivity contribution is 0.0697. The van der Waals surface area contributed by atoms with Crippen LogP contribution in [-0.2, 0) is 0 Å². The van der Waals surface area contributed by atoms with Crippen molar-refractivity contribution in [2.45, 2.75) is 13.0 Å². The van der Waals surface area contributed by atoms with Gasteiger partial charge in [-0.2, -0.15) is 4.98 Å². The number of aryl methyl sites for hydroxylation is 1. The summed E-state index contributed by atoms with van der Waals surface area (Å²) in [6.07, 6.45) is 0.875. The summed E-state index contributed by atoms with van der Waals surface area (Å²) in [5.74, 6) is -0.495. The second kappa shape index (κ2) is 7.41. The molecule has 4 aromatic rings. The van der Waals surface area contributed by atoms with Gasteiger partial charge in [0.05, 0.1) is 24.6 Å². The number of aliphatic hydroxyl groups is 1.